The Labute approximate surface area is 110 Å². The molecule has 1 saturated heterocycles. The van der Waals surface area contributed by atoms with Crippen LogP contribution in [0.1, 0.15) is 32.6 Å². The van der Waals surface area contributed by atoms with Crippen molar-refractivity contribution in [1.29, 1.82) is 0 Å². The van der Waals surface area contributed by atoms with Crippen molar-refractivity contribution in [2.24, 2.45) is 11.7 Å². The summed E-state index contributed by atoms with van der Waals surface area (Å²) in [6, 6.07) is 0.211. The molecule has 0 radical (unpaired) electrons. The van der Waals surface area contributed by atoms with E-state index in [0.717, 1.165) is 32.4 Å². The summed E-state index contributed by atoms with van der Waals surface area (Å²) < 4.78 is 0. The monoisotopic (exact) mass is 251 g/mol. The van der Waals surface area contributed by atoms with Gasteiger partial charge in [0, 0.05) is 25.3 Å². The zero-order valence-electron chi connectivity index (χ0n) is 11.6. The van der Waals surface area contributed by atoms with Gasteiger partial charge >= 0.3 is 0 Å². The number of amides is 1. The fourth-order valence-corrected chi connectivity index (χ4v) is 2.73. The third kappa shape index (κ3) is 3.12. The summed E-state index contributed by atoms with van der Waals surface area (Å²) in [7, 11) is 1.89. The zero-order chi connectivity index (χ0) is 13.1. The Morgan fingerprint density at radius 3 is 3.00 bits per heavy atom. The molecule has 1 heterocycles. The van der Waals surface area contributed by atoms with E-state index < -0.39 is 0 Å². The van der Waals surface area contributed by atoms with Gasteiger partial charge in [-0.1, -0.05) is 13.0 Å². The Kier molecular flexibility index (Phi) is 4.40. The number of nitrogens with two attached hydrogens (primary N) is 1. The van der Waals surface area contributed by atoms with Crippen LogP contribution >= 0.6 is 0 Å². The number of rotatable bonds is 3. The lowest BCUT2D eigenvalue weighted by Crippen LogP contribution is -2.50. The topological polar surface area (TPSA) is 49.6 Å². The number of nitrogens with zero attached hydrogens (tertiary/aromatic N) is 2. The van der Waals surface area contributed by atoms with Crippen LogP contribution in [0.25, 0.3) is 0 Å². The molecule has 1 aliphatic heterocycles. The van der Waals surface area contributed by atoms with Crippen LogP contribution in [-0.4, -0.2) is 48.4 Å². The van der Waals surface area contributed by atoms with Crippen molar-refractivity contribution >= 4 is 5.91 Å². The number of allylic oxidation sites excluding steroid dienone is 2. The van der Waals surface area contributed by atoms with E-state index in [4.69, 9.17) is 5.73 Å². The van der Waals surface area contributed by atoms with E-state index in [1.807, 2.05) is 11.9 Å². The van der Waals surface area contributed by atoms with Crippen molar-refractivity contribution in [1.82, 2.24) is 9.80 Å². The zero-order valence-corrected chi connectivity index (χ0v) is 11.6. The quantitative estimate of drug-likeness (QED) is 0.819. The van der Waals surface area contributed by atoms with E-state index in [1.54, 1.807) is 0 Å². The van der Waals surface area contributed by atoms with Gasteiger partial charge in [0.25, 0.3) is 0 Å². The summed E-state index contributed by atoms with van der Waals surface area (Å²) in [6.07, 6.45) is 6.61. The van der Waals surface area contributed by atoms with Crippen LogP contribution < -0.4 is 5.73 Å². The molecule has 4 heteroatoms. The summed E-state index contributed by atoms with van der Waals surface area (Å²) >= 11 is 0. The fourth-order valence-electron chi connectivity index (χ4n) is 2.73. The normalized spacial score (nSPS) is 29.2. The summed E-state index contributed by atoms with van der Waals surface area (Å²) in [4.78, 5) is 16.2. The standard InChI is InChI=1S/C14H25N3O/c1-11-7-8-17(9-13(11)15)10-14(18)16(2)12-5-3-4-6-12/h5,11,13H,3-4,6-10,15H2,1-2H3. The molecule has 0 aromatic rings. The average Bonchev–Trinajstić information content (AvgIpc) is 2.86. The molecule has 1 fully saturated rings. The maximum atomic E-state index is 12.2. The maximum Gasteiger partial charge on any atom is 0.240 e. The highest BCUT2D eigenvalue weighted by atomic mass is 16.2. The number of likely N-dealkylation sites (N-methyl/N-ethyl adjacent to an activating group) is 1. The van der Waals surface area contributed by atoms with Crippen LogP contribution in [0.2, 0.25) is 0 Å². The molecule has 0 aromatic carbocycles. The van der Waals surface area contributed by atoms with Gasteiger partial charge in [-0.05, 0) is 38.1 Å². The van der Waals surface area contributed by atoms with E-state index in [1.165, 1.54) is 12.1 Å². The Balaban J connectivity index is 1.83. The first-order chi connectivity index (χ1) is 8.58. The molecule has 18 heavy (non-hydrogen) atoms. The lowest BCUT2D eigenvalue weighted by Gasteiger charge is -2.35. The first-order valence-corrected chi connectivity index (χ1v) is 7.01. The number of piperidine rings is 1. The molecule has 0 spiro atoms. The highest BCUT2D eigenvalue weighted by molar-refractivity contribution is 5.79. The van der Waals surface area contributed by atoms with Gasteiger partial charge in [0.1, 0.15) is 0 Å². The second-order valence-corrected chi connectivity index (χ2v) is 5.71. The Morgan fingerprint density at radius 2 is 2.39 bits per heavy atom. The number of hydrogen-bond donors (Lipinski definition) is 1. The second-order valence-electron chi connectivity index (χ2n) is 5.71. The molecule has 2 N–H and O–H groups in total. The van der Waals surface area contributed by atoms with Crippen LogP contribution in [0.5, 0.6) is 0 Å². The molecule has 102 valence electrons. The number of likely N-dealkylation sites (tertiary alicyclic amines) is 1. The van der Waals surface area contributed by atoms with Crippen molar-refractivity contribution in [3.8, 4) is 0 Å². The van der Waals surface area contributed by atoms with Crippen LogP contribution in [-0.2, 0) is 4.79 Å². The van der Waals surface area contributed by atoms with E-state index in [2.05, 4.69) is 17.9 Å². The summed E-state index contributed by atoms with van der Waals surface area (Å²) in [5.41, 5.74) is 7.25. The highest BCUT2D eigenvalue weighted by Crippen LogP contribution is 2.21. The first-order valence-electron chi connectivity index (χ1n) is 7.01. The molecule has 0 saturated carbocycles. The van der Waals surface area contributed by atoms with Crippen molar-refractivity contribution in [2.75, 3.05) is 26.7 Å². The SMILES string of the molecule is CC1CCN(CC(=O)N(C)C2=CCCC2)CC1N. The molecular weight excluding hydrogens is 226 g/mol. The molecule has 0 aromatic heterocycles. The maximum absolute atomic E-state index is 12.2. The predicted octanol–water partition coefficient (Wildman–Crippen LogP) is 1.18. The van der Waals surface area contributed by atoms with Gasteiger partial charge in [-0.25, -0.2) is 0 Å². The average molecular weight is 251 g/mol. The first kappa shape index (κ1) is 13.6. The van der Waals surface area contributed by atoms with Crippen molar-refractivity contribution in [2.45, 2.75) is 38.6 Å². The highest BCUT2D eigenvalue weighted by Gasteiger charge is 2.26. The van der Waals surface area contributed by atoms with E-state index in [9.17, 15) is 4.79 Å². The molecule has 2 rings (SSSR count). The van der Waals surface area contributed by atoms with E-state index in [-0.39, 0.29) is 11.9 Å². The minimum atomic E-state index is 0.199. The van der Waals surface area contributed by atoms with Crippen molar-refractivity contribution in [3.63, 3.8) is 0 Å². The lowest BCUT2D eigenvalue weighted by molar-refractivity contribution is -0.129. The molecule has 1 amide bonds. The fraction of sp³-hybridized carbons (Fsp3) is 0.786. The summed E-state index contributed by atoms with van der Waals surface area (Å²) in [5.74, 6) is 0.775. The smallest absolute Gasteiger partial charge is 0.240 e. The van der Waals surface area contributed by atoms with Crippen LogP contribution in [0, 0.1) is 5.92 Å². The Morgan fingerprint density at radius 1 is 1.61 bits per heavy atom. The Bertz CT molecular complexity index is 340. The second kappa shape index (κ2) is 5.85. The minimum Gasteiger partial charge on any atom is -0.326 e. The molecule has 4 nitrogen and oxygen atoms in total. The van der Waals surface area contributed by atoms with Crippen molar-refractivity contribution in [3.05, 3.63) is 11.8 Å². The van der Waals surface area contributed by atoms with Gasteiger partial charge in [0.15, 0.2) is 0 Å². The molecule has 0 bridgehead atoms. The van der Waals surface area contributed by atoms with Crippen molar-refractivity contribution < 1.29 is 4.79 Å². The predicted molar refractivity (Wildman–Crippen MR) is 72.9 cm³/mol. The third-order valence-electron chi connectivity index (χ3n) is 4.28. The molecule has 2 atom stereocenters. The van der Waals surface area contributed by atoms with Gasteiger partial charge in [-0.15, -0.1) is 0 Å². The van der Waals surface area contributed by atoms with Gasteiger partial charge in [0.05, 0.1) is 6.54 Å². The summed E-state index contributed by atoms with van der Waals surface area (Å²) in [5, 5.41) is 0. The number of carbonyl (C=O) groups is 1. The largest absolute Gasteiger partial charge is 0.326 e. The van der Waals surface area contributed by atoms with E-state index in [0.29, 0.717) is 12.5 Å². The van der Waals surface area contributed by atoms with E-state index >= 15 is 0 Å². The number of hydrogen-bond acceptors (Lipinski definition) is 3. The molecule has 2 unspecified atom stereocenters. The third-order valence-corrected chi connectivity index (χ3v) is 4.28. The van der Waals surface area contributed by atoms with Crippen LogP contribution in [0.3, 0.4) is 0 Å². The Hall–Kier alpha value is -0.870. The van der Waals surface area contributed by atoms with Gasteiger partial charge in [-0.3, -0.25) is 9.69 Å². The molecule has 2 aliphatic rings. The van der Waals surface area contributed by atoms with Gasteiger partial charge in [0.2, 0.25) is 5.91 Å². The van der Waals surface area contributed by atoms with Crippen LogP contribution in [0.4, 0.5) is 0 Å². The number of carbonyl (C=O) groups excluding carboxylic acids is 1. The molecular formula is C14H25N3O. The van der Waals surface area contributed by atoms with Crippen LogP contribution in [0.15, 0.2) is 11.8 Å². The summed E-state index contributed by atoms with van der Waals surface area (Å²) in [6.45, 7) is 4.54. The van der Waals surface area contributed by atoms with Gasteiger partial charge in [-0.2, -0.15) is 0 Å². The van der Waals surface area contributed by atoms with Gasteiger partial charge < -0.3 is 10.6 Å². The molecule has 1 aliphatic carbocycles. The minimum absolute atomic E-state index is 0.199. The lowest BCUT2D eigenvalue weighted by atomic mass is 9.94.